The summed E-state index contributed by atoms with van der Waals surface area (Å²) in [7, 11) is -3.50. The minimum absolute atomic E-state index is 0.225. The topological polar surface area (TPSA) is 106 Å². The quantitative estimate of drug-likeness (QED) is 0.693. The molecule has 0 bridgehead atoms. The zero-order valence-corrected chi connectivity index (χ0v) is 16.1. The Labute approximate surface area is 161 Å². The number of carbonyl (C=O) groups excluding carboxylic acids is 2. The summed E-state index contributed by atoms with van der Waals surface area (Å²) in [6, 6.07) is 6.71. The van der Waals surface area contributed by atoms with Gasteiger partial charge in [-0.1, -0.05) is 6.07 Å². The van der Waals surface area contributed by atoms with E-state index in [9.17, 15) is 18.0 Å². The molecule has 2 aromatic rings. The summed E-state index contributed by atoms with van der Waals surface area (Å²) in [6.45, 7) is 0.366. The molecule has 3 rings (SSSR count). The molecule has 0 radical (unpaired) electrons. The predicted octanol–water partition coefficient (Wildman–Crippen LogP) is 1.60. The molecule has 0 aromatic carbocycles. The Morgan fingerprint density at radius 2 is 2.04 bits per heavy atom. The van der Waals surface area contributed by atoms with E-state index in [1.807, 2.05) is 0 Å². The van der Waals surface area contributed by atoms with Crippen LogP contribution in [0, 0.1) is 5.92 Å². The third-order valence-corrected chi connectivity index (χ3v) is 7.53. The van der Waals surface area contributed by atoms with Crippen LogP contribution in [0.15, 0.2) is 44.5 Å². The van der Waals surface area contributed by atoms with E-state index in [2.05, 4.69) is 5.32 Å². The molecule has 8 nitrogen and oxygen atoms in total. The minimum atomic E-state index is -3.50. The monoisotopic (exact) mass is 412 g/mol. The SMILES string of the molecule is O=C(COC(=O)C1CCN(S(=O)(=O)c2cccs2)CC1)NCc1ccco1. The number of thiophene rings is 1. The largest absolute Gasteiger partial charge is 0.467 e. The van der Waals surface area contributed by atoms with Gasteiger partial charge in [-0.05, 0) is 36.4 Å². The molecule has 10 heteroatoms. The van der Waals surface area contributed by atoms with Gasteiger partial charge in [-0.25, -0.2) is 8.42 Å². The van der Waals surface area contributed by atoms with E-state index < -0.39 is 27.8 Å². The van der Waals surface area contributed by atoms with Crippen molar-refractivity contribution < 1.29 is 27.2 Å². The molecule has 1 saturated heterocycles. The maximum Gasteiger partial charge on any atom is 0.309 e. The maximum absolute atomic E-state index is 12.5. The molecule has 146 valence electrons. The highest BCUT2D eigenvalue weighted by Gasteiger charge is 2.33. The summed E-state index contributed by atoms with van der Waals surface area (Å²) in [5, 5.41) is 4.31. The first-order chi connectivity index (χ1) is 13.0. The van der Waals surface area contributed by atoms with Gasteiger partial charge in [0.25, 0.3) is 15.9 Å². The van der Waals surface area contributed by atoms with E-state index in [4.69, 9.17) is 9.15 Å². The Bertz CT molecular complexity index is 853. The van der Waals surface area contributed by atoms with Crippen LogP contribution >= 0.6 is 11.3 Å². The molecule has 1 fully saturated rings. The van der Waals surface area contributed by atoms with Gasteiger partial charge < -0.3 is 14.5 Å². The standard InChI is InChI=1S/C17H20N2O6S2/c20-15(18-11-14-3-1-9-24-14)12-25-17(21)13-5-7-19(8-6-13)27(22,23)16-4-2-10-26-16/h1-4,9-10,13H,5-8,11-12H2,(H,18,20). The number of nitrogens with one attached hydrogen (secondary N) is 1. The molecule has 1 N–H and O–H groups in total. The van der Waals surface area contributed by atoms with Crippen molar-refractivity contribution in [2.24, 2.45) is 5.92 Å². The van der Waals surface area contributed by atoms with Crippen LogP contribution in [-0.4, -0.2) is 44.3 Å². The van der Waals surface area contributed by atoms with Gasteiger partial charge in [-0.3, -0.25) is 9.59 Å². The molecule has 0 unspecified atom stereocenters. The Morgan fingerprint density at radius 3 is 2.67 bits per heavy atom. The van der Waals surface area contributed by atoms with Gasteiger partial charge in [0, 0.05) is 13.1 Å². The first-order valence-corrected chi connectivity index (χ1v) is 10.8. The van der Waals surface area contributed by atoms with E-state index in [1.165, 1.54) is 21.9 Å². The molecule has 1 aliphatic heterocycles. The Hall–Kier alpha value is -2.17. The van der Waals surface area contributed by atoms with Gasteiger partial charge in [0.05, 0.1) is 18.7 Å². The highest BCUT2D eigenvalue weighted by molar-refractivity contribution is 7.91. The molecule has 3 heterocycles. The molecular formula is C17H20N2O6S2. The minimum Gasteiger partial charge on any atom is -0.467 e. The van der Waals surface area contributed by atoms with Crippen molar-refractivity contribution in [3.05, 3.63) is 41.7 Å². The van der Waals surface area contributed by atoms with E-state index in [-0.39, 0.29) is 26.2 Å². The number of nitrogens with zero attached hydrogens (tertiary/aromatic N) is 1. The summed E-state index contributed by atoms with van der Waals surface area (Å²) < 4.78 is 36.8. The highest BCUT2D eigenvalue weighted by atomic mass is 32.2. The lowest BCUT2D eigenvalue weighted by Crippen LogP contribution is -2.40. The second-order valence-electron chi connectivity index (χ2n) is 6.07. The van der Waals surface area contributed by atoms with Crippen LogP contribution in [0.5, 0.6) is 0 Å². The van der Waals surface area contributed by atoms with E-state index in [1.54, 1.807) is 29.6 Å². The molecule has 27 heavy (non-hydrogen) atoms. The van der Waals surface area contributed by atoms with Crippen LogP contribution in [0.1, 0.15) is 18.6 Å². The highest BCUT2D eigenvalue weighted by Crippen LogP contribution is 2.26. The van der Waals surface area contributed by atoms with Crippen molar-refractivity contribution in [3.8, 4) is 0 Å². The van der Waals surface area contributed by atoms with E-state index in [0.717, 1.165) is 0 Å². The van der Waals surface area contributed by atoms with Crippen molar-refractivity contribution in [2.75, 3.05) is 19.7 Å². The molecule has 2 aromatic heterocycles. The Balaban J connectivity index is 1.41. The van der Waals surface area contributed by atoms with Crippen molar-refractivity contribution in [1.29, 1.82) is 0 Å². The number of furan rings is 1. The van der Waals surface area contributed by atoms with Crippen LogP contribution in [0.4, 0.5) is 0 Å². The van der Waals surface area contributed by atoms with Gasteiger partial charge in [-0.15, -0.1) is 11.3 Å². The third-order valence-electron chi connectivity index (χ3n) is 4.26. The van der Waals surface area contributed by atoms with Gasteiger partial charge in [0.15, 0.2) is 6.61 Å². The number of rotatable bonds is 7. The summed E-state index contributed by atoms with van der Waals surface area (Å²) in [5.41, 5.74) is 0. The average molecular weight is 412 g/mol. The zero-order chi connectivity index (χ0) is 19.3. The normalized spacial score (nSPS) is 16.1. The van der Waals surface area contributed by atoms with Gasteiger partial charge in [0.2, 0.25) is 0 Å². The fraction of sp³-hybridized carbons (Fsp3) is 0.412. The molecular weight excluding hydrogens is 392 g/mol. The van der Waals surface area contributed by atoms with Crippen LogP contribution < -0.4 is 5.32 Å². The number of carbonyl (C=O) groups is 2. The number of piperidine rings is 1. The number of ether oxygens (including phenoxy) is 1. The van der Waals surface area contributed by atoms with Crippen LogP contribution in [-0.2, 0) is 30.9 Å². The first kappa shape index (κ1) is 19.6. The zero-order valence-electron chi connectivity index (χ0n) is 14.5. The summed E-state index contributed by atoms with van der Waals surface area (Å²) >= 11 is 1.17. The fourth-order valence-corrected chi connectivity index (χ4v) is 5.39. The molecule has 0 aliphatic carbocycles. The third kappa shape index (κ3) is 4.96. The second-order valence-corrected chi connectivity index (χ2v) is 9.19. The number of sulfonamides is 1. The van der Waals surface area contributed by atoms with Gasteiger partial charge >= 0.3 is 5.97 Å². The predicted molar refractivity (Wildman–Crippen MR) is 97.3 cm³/mol. The van der Waals surface area contributed by atoms with Crippen LogP contribution in [0.25, 0.3) is 0 Å². The van der Waals surface area contributed by atoms with Crippen molar-refractivity contribution in [3.63, 3.8) is 0 Å². The maximum atomic E-state index is 12.5. The van der Waals surface area contributed by atoms with Crippen molar-refractivity contribution in [2.45, 2.75) is 23.6 Å². The van der Waals surface area contributed by atoms with Gasteiger partial charge in [0.1, 0.15) is 9.97 Å². The molecule has 0 spiro atoms. The number of amides is 1. The van der Waals surface area contributed by atoms with Gasteiger partial charge in [-0.2, -0.15) is 4.31 Å². The molecule has 0 saturated carbocycles. The number of hydrogen-bond donors (Lipinski definition) is 1. The first-order valence-electron chi connectivity index (χ1n) is 8.46. The lowest BCUT2D eigenvalue weighted by Gasteiger charge is -2.29. The van der Waals surface area contributed by atoms with Crippen LogP contribution in [0.2, 0.25) is 0 Å². The Kier molecular flexibility index (Phi) is 6.30. The van der Waals surface area contributed by atoms with Crippen molar-refractivity contribution >= 4 is 33.2 Å². The number of hydrogen-bond acceptors (Lipinski definition) is 7. The summed E-state index contributed by atoms with van der Waals surface area (Å²) in [4.78, 5) is 23.9. The number of esters is 1. The smallest absolute Gasteiger partial charge is 0.309 e. The van der Waals surface area contributed by atoms with E-state index in [0.29, 0.717) is 22.8 Å². The summed E-state index contributed by atoms with van der Waals surface area (Å²) in [5.74, 6) is -0.694. The molecule has 1 aliphatic rings. The van der Waals surface area contributed by atoms with Crippen molar-refractivity contribution in [1.82, 2.24) is 9.62 Å². The molecule has 1 amide bonds. The average Bonchev–Trinajstić information content (AvgIpc) is 3.38. The Morgan fingerprint density at radius 1 is 1.26 bits per heavy atom. The lowest BCUT2D eigenvalue weighted by atomic mass is 9.98. The van der Waals surface area contributed by atoms with E-state index >= 15 is 0 Å². The second kappa shape index (κ2) is 8.68. The molecule has 0 atom stereocenters. The van der Waals surface area contributed by atoms with Crippen LogP contribution in [0.3, 0.4) is 0 Å². The summed E-state index contributed by atoms with van der Waals surface area (Å²) in [6.07, 6.45) is 2.25. The fourth-order valence-electron chi connectivity index (χ4n) is 2.77. The lowest BCUT2D eigenvalue weighted by molar-refractivity contribution is -0.153.